The van der Waals surface area contributed by atoms with Crippen molar-refractivity contribution in [3.63, 3.8) is 0 Å². The van der Waals surface area contributed by atoms with Crippen molar-refractivity contribution in [2.75, 3.05) is 0 Å². The number of para-hydroxylation sites is 2. The van der Waals surface area contributed by atoms with Gasteiger partial charge < -0.3 is 9.13 Å². The summed E-state index contributed by atoms with van der Waals surface area (Å²) in [4.78, 5) is 0. The van der Waals surface area contributed by atoms with E-state index in [9.17, 15) is 0 Å². The van der Waals surface area contributed by atoms with Crippen molar-refractivity contribution >= 4 is 43.6 Å². The Hall–Kier alpha value is -6.64. The lowest BCUT2D eigenvalue weighted by Gasteiger charge is -2.31. The van der Waals surface area contributed by atoms with Crippen LogP contribution in [-0.2, 0) is 10.8 Å². The predicted molar refractivity (Wildman–Crippen MR) is 277 cm³/mol. The van der Waals surface area contributed by atoms with E-state index in [4.69, 9.17) is 0 Å². The Labute approximate surface area is 379 Å². The molecule has 0 saturated carbocycles. The highest BCUT2D eigenvalue weighted by molar-refractivity contribution is 6.11. The molecule has 0 atom stereocenters. The zero-order valence-corrected chi connectivity index (χ0v) is 38.5. The van der Waals surface area contributed by atoms with Crippen LogP contribution in [-0.4, -0.2) is 9.13 Å². The maximum atomic E-state index is 2.51. The van der Waals surface area contributed by atoms with Crippen molar-refractivity contribution in [2.45, 2.75) is 90.9 Å². The van der Waals surface area contributed by atoms with E-state index in [1.165, 1.54) is 88.1 Å². The molecule has 0 aliphatic carbocycles. The number of fused-ring (bicyclic) bond motifs is 6. The van der Waals surface area contributed by atoms with Gasteiger partial charge in [0.05, 0.1) is 22.1 Å². The zero-order chi connectivity index (χ0) is 44.0. The van der Waals surface area contributed by atoms with Crippen molar-refractivity contribution in [2.24, 2.45) is 0 Å². The summed E-state index contributed by atoms with van der Waals surface area (Å²) in [6.07, 6.45) is 6.77. The monoisotopic (exact) mass is 832 g/mol. The molecular weight excluding hydrogens is 773 g/mol. The van der Waals surface area contributed by atoms with Crippen LogP contribution >= 0.6 is 0 Å². The Bertz CT molecular complexity index is 3040. The van der Waals surface area contributed by atoms with E-state index in [1.54, 1.807) is 0 Å². The summed E-state index contributed by atoms with van der Waals surface area (Å²) in [5.41, 5.74) is 17.6. The molecule has 10 aromatic rings. The molecule has 0 aliphatic heterocycles. The maximum Gasteiger partial charge on any atom is 0.0541 e. The fraction of sp³-hybridized carbons (Fsp3) is 0.226. The highest BCUT2D eigenvalue weighted by Gasteiger charge is 2.29. The standard InChI is InChI=1S/C62H60N2/c1-7-61(8-2,9-3)49-31-33-59-55(41-49)53-27-19-21-29-57(53)63(59)51-37-45(43-23-15-13-16-24-43)35-47(39-51)48-36-46(44-25-17-14-18-26-44)38-52(40-48)64-58-30-22-20-28-54(58)56-42-50(32-34-60(56)64)62(10-4,11-5)12-6/h13-42H,7-12H2,1-6H3. The lowest BCUT2D eigenvalue weighted by molar-refractivity contribution is 0.382. The average Bonchev–Trinajstić information content (AvgIpc) is 3.88. The summed E-state index contributed by atoms with van der Waals surface area (Å²) in [5.74, 6) is 0. The van der Waals surface area contributed by atoms with E-state index in [0.29, 0.717) is 0 Å². The Kier molecular flexibility index (Phi) is 10.9. The van der Waals surface area contributed by atoms with Crippen LogP contribution in [0.1, 0.15) is 91.2 Å². The summed E-state index contributed by atoms with van der Waals surface area (Å²) < 4.78 is 5.01. The molecule has 0 unspecified atom stereocenters. The van der Waals surface area contributed by atoms with Crippen LogP contribution in [0, 0.1) is 0 Å². The molecule has 0 amide bonds. The Morgan fingerprint density at radius 1 is 0.281 bits per heavy atom. The van der Waals surface area contributed by atoms with Gasteiger partial charge in [0.2, 0.25) is 0 Å². The molecule has 2 aromatic heterocycles. The van der Waals surface area contributed by atoms with Gasteiger partial charge in [-0.15, -0.1) is 0 Å². The second-order valence-corrected chi connectivity index (χ2v) is 18.1. The first-order valence-electron chi connectivity index (χ1n) is 23.9. The first-order chi connectivity index (χ1) is 31.4. The van der Waals surface area contributed by atoms with Gasteiger partial charge in [0.25, 0.3) is 0 Å². The van der Waals surface area contributed by atoms with Gasteiger partial charge in [0.15, 0.2) is 0 Å². The molecule has 0 saturated heterocycles. The van der Waals surface area contributed by atoms with Gasteiger partial charge in [-0.1, -0.05) is 151 Å². The number of benzene rings is 8. The summed E-state index contributed by atoms with van der Waals surface area (Å²) in [5, 5.41) is 5.22. The lowest BCUT2D eigenvalue weighted by atomic mass is 9.73. The van der Waals surface area contributed by atoms with E-state index < -0.39 is 0 Å². The highest BCUT2D eigenvalue weighted by Crippen LogP contribution is 2.44. The van der Waals surface area contributed by atoms with Gasteiger partial charge in [-0.05, 0) is 167 Å². The average molecular weight is 833 g/mol. The molecule has 8 aromatic carbocycles. The Balaban J connectivity index is 1.24. The third kappa shape index (κ3) is 6.78. The van der Waals surface area contributed by atoms with Gasteiger partial charge in [-0.3, -0.25) is 0 Å². The van der Waals surface area contributed by atoms with Crippen LogP contribution in [0.4, 0.5) is 0 Å². The number of hydrogen-bond donors (Lipinski definition) is 0. The molecule has 0 fully saturated rings. The molecule has 0 radical (unpaired) electrons. The third-order valence-corrected chi connectivity index (χ3v) is 15.5. The Morgan fingerprint density at radius 2 is 0.594 bits per heavy atom. The summed E-state index contributed by atoms with van der Waals surface area (Å²) >= 11 is 0. The maximum absolute atomic E-state index is 2.51. The molecule has 64 heavy (non-hydrogen) atoms. The van der Waals surface area contributed by atoms with Gasteiger partial charge in [-0.2, -0.15) is 0 Å². The van der Waals surface area contributed by atoms with Gasteiger partial charge >= 0.3 is 0 Å². The van der Waals surface area contributed by atoms with Crippen LogP contribution in [0.2, 0.25) is 0 Å². The van der Waals surface area contributed by atoms with Crippen LogP contribution in [0.3, 0.4) is 0 Å². The molecule has 0 aliphatic rings. The number of hydrogen-bond acceptors (Lipinski definition) is 0. The lowest BCUT2D eigenvalue weighted by Crippen LogP contribution is -2.23. The molecule has 0 spiro atoms. The first kappa shape index (κ1) is 41.4. The highest BCUT2D eigenvalue weighted by atomic mass is 15.0. The van der Waals surface area contributed by atoms with Crippen LogP contribution in [0.5, 0.6) is 0 Å². The minimum absolute atomic E-state index is 0.170. The van der Waals surface area contributed by atoms with Gasteiger partial charge in [0.1, 0.15) is 0 Å². The van der Waals surface area contributed by atoms with E-state index >= 15 is 0 Å². The van der Waals surface area contributed by atoms with Crippen molar-refractivity contribution in [1.29, 1.82) is 0 Å². The second-order valence-electron chi connectivity index (χ2n) is 18.1. The van der Waals surface area contributed by atoms with Crippen molar-refractivity contribution in [3.05, 3.63) is 193 Å². The van der Waals surface area contributed by atoms with Crippen LogP contribution < -0.4 is 0 Å². The van der Waals surface area contributed by atoms with E-state index in [1.807, 2.05) is 0 Å². The predicted octanol–water partition coefficient (Wildman–Crippen LogP) is 17.8. The zero-order valence-electron chi connectivity index (χ0n) is 38.5. The summed E-state index contributed by atoms with van der Waals surface area (Å²) in [6, 6.07) is 68.8. The number of rotatable bonds is 13. The number of nitrogens with zero attached hydrogens (tertiary/aromatic N) is 2. The van der Waals surface area contributed by atoms with E-state index in [0.717, 1.165) is 49.9 Å². The molecule has 318 valence electrons. The molecule has 0 N–H and O–H groups in total. The fourth-order valence-corrected chi connectivity index (χ4v) is 11.3. The number of aromatic nitrogens is 2. The van der Waals surface area contributed by atoms with Crippen molar-refractivity contribution < 1.29 is 0 Å². The molecule has 10 rings (SSSR count). The topological polar surface area (TPSA) is 9.86 Å². The SMILES string of the molecule is CCC(CC)(CC)c1ccc2c(c1)c1ccccc1n2-c1cc(-c2ccccc2)cc(-c2cc(-c3ccccc3)cc(-n3c4ccccc4c4cc(C(CC)(CC)CC)ccc43)c2)c1. The molecule has 2 heterocycles. The summed E-state index contributed by atoms with van der Waals surface area (Å²) in [7, 11) is 0. The summed E-state index contributed by atoms with van der Waals surface area (Å²) in [6.45, 7) is 14.1. The van der Waals surface area contributed by atoms with Crippen LogP contribution in [0.15, 0.2) is 182 Å². The smallest absolute Gasteiger partial charge is 0.0541 e. The van der Waals surface area contributed by atoms with E-state index in [-0.39, 0.29) is 10.8 Å². The largest absolute Gasteiger partial charge is 0.309 e. The minimum atomic E-state index is 0.170. The minimum Gasteiger partial charge on any atom is -0.309 e. The third-order valence-electron chi connectivity index (χ3n) is 15.5. The van der Waals surface area contributed by atoms with Crippen LogP contribution in [0.25, 0.3) is 88.4 Å². The fourth-order valence-electron chi connectivity index (χ4n) is 11.3. The van der Waals surface area contributed by atoms with Gasteiger partial charge in [0, 0.05) is 32.9 Å². The molecule has 2 heteroatoms. The normalized spacial score (nSPS) is 12.3. The Morgan fingerprint density at radius 3 is 0.953 bits per heavy atom. The van der Waals surface area contributed by atoms with E-state index in [2.05, 4.69) is 233 Å². The van der Waals surface area contributed by atoms with Crippen molar-refractivity contribution in [1.82, 2.24) is 9.13 Å². The van der Waals surface area contributed by atoms with Gasteiger partial charge in [-0.25, -0.2) is 0 Å². The second kappa shape index (κ2) is 16.8. The molecule has 2 nitrogen and oxygen atoms in total. The molecular formula is C62H60N2. The quantitative estimate of drug-likeness (QED) is 0.110. The first-order valence-corrected chi connectivity index (χ1v) is 23.9. The molecule has 0 bridgehead atoms. The van der Waals surface area contributed by atoms with Crippen molar-refractivity contribution in [3.8, 4) is 44.8 Å².